The molecule has 0 spiro atoms. The molecule has 134 valence electrons. The van der Waals surface area contributed by atoms with Crippen LogP contribution in [-0.2, 0) is 11.2 Å². The molecule has 1 aromatic carbocycles. The Balaban J connectivity index is 1.42. The van der Waals surface area contributed by atoms with Gasteiger partial charge < -0.3 is 9.80 Å². The quantitative estimate of drug-likeness (QED) is 0.838. The molecular weight excluding hydrogens is 326 g/mol. The third kappa shape index (κ3) is 2.98. The number of rotatable bonds is 2. The molecule has 0 N–H and O–H groups in total. The van der Waals surface area contributed by atoms with E-state index in [0.29, 0.717) is 18.7 Å². The van der Waals surface area contributed by atoms with Crippen molar-refractivity contribution in [1.29, 1.82) is 0 Å². The van der Waals surface area contributed by atoms with Crippen molar-refractivity contribution in [2.24, 2.45) is 5.92 Å². The summed E-state index contributed by atoms with van der Waals surface area (Å²) >= 11 is 0. The van der Waals surface area contributed by atoms with Crippen molar-refractivity contribution in [2.45, 2.75) is 32.2 Å². The average Bonchev–Trinajstić information content (AvgIpc) is 3.03. The van der Waals surface area contributed by atoms with E-state index >= 15 is 0 Å². The van der Waals surface area contributed by atoms with E-state index in [1.165, 1.54) is 5.56 Å². The molecule has 2 aliphatic rings. The number of piperidine rings is 1. The van der Waals surface area contributed by atoms with Crippen LogP contribution >= 0.6 is 0 Å². The first kappa shape index (κ1) is 16.8. The largest absolute Gasteiger partial charge is 0.339 e. The van der Waals surface area contributed by atoms with E-state index in [1.807, 2.05) is 28.0 Å². The molecule has 3 heterocycles. The lowest BCUT2D eigenvalue weighted by Gasteiger charge is -2.34. The first-order valence-corrected chi connectivity index (χ1v) is 9.25. The number of hydrogen-bond acceptors (Lipinski definition) is 3. The van der Waals surface area contributed by atoms with Gasteiger partial charge in [0, 0.05) is 43.1 Å². The Labute approximate surface area is 153 Å². The van der Waals surface area contributed by atoms with Crippen molar-refractivity contribution in [3.8, 4) is 0 Å². The molecule has 0 aliphatic carbocycles. The fraction of sp³-hybridized carbons (Fsp3) is 0.381. The van der Waals surface area contributed by atoms with Crippen LogP contribution in [0.5, 0.6) is 0 Å². The third-order valence-corrected chi connectivity index (χ3v) is 5.48. The van der Waals surface area contributed by atoms with Gasteiger partial charge in [-0.1, -0.05) is 18.2 Å². The smallest absolute Gasteiger partial charge is 0.255 e. The molecule has 2 aliphatic heterocycles. The molecule has 0 unspecified atom stereocenters. The lowest BCUT2D eigenvalue weighted by atomic mass is 9.94. The SMILES string of the molecule is C[C@H]1Cc2ccccc2N1C(=O)C1CCN(C(=O)c2cccnc2)CC1. The first-order valence-electron chi connectivity index (χ1n) is 9.25. The molecule has 5 heteroatoms. The Bertz CT molecular complexity index is 813. The van der Waals surface area contributed by atoms with Gasteiger partial charge in [0.2, 0.25) is 5.91 Å². The van der Waals surface area contributed by atoms with Gasteiger partial charge in [-0.15, -0.1) is 0 Å². The standard InChI is InChI=1S/C21H23N3O2/c1-15-13-17-5-2-3-7-19(17)24(15)21(26)16-8-11-23(12-9-16)20(25)18-6-4-10-22-14-18/h2-7,10,14-16H,8-9,11-13H2,1H3/t15-/m0/s1. The fourth-order valence-corrected chi connectivity index (χ4v) is 4.10. The number of amides is 2. The maximum Gasteiger partial charge on any atom is 0.255 e. The summed E-state index contributed by atoms with van der Waals surface area (Å²) in [4.78, 5) is 33.5. The van der Waals surface area contributed by atoms with Crippen LogP contribution in [0.4, 0.5) is 5.69 Å². The number of fused-ring (bicyclic) bond motifs is 1. The third-order valence-electron chi connectivity index (χ3n) is 5.48. The maximum absolute atomic E-state index is 13.1. The molecule has 2 aromatic rings. The minimum Gasteiger partial charge on any atom is -0.339 e. The van der Waals surface area contributed by atoms with Crippen molar-refractivity contribution >= 4 is 17.5 Å². The summed E-state index contributed by atoms with van der Waals surface area (Å²) in [6.07, 6.45) is 5.62. The maximum atomic E-state index is 13.1. The van der Waals surface area contributed by atoms with Crippen LogP contribution in [0.3, 0.4) is 0 Å². The van der Waals surface area contributed by atoms with Crippen molar-refractivity contribution in [3.63, 3.8) is 0 Å². The van der Waals surface area contributed by atoms with Crippen LogP contribution in [0.15, 0.2) is 48.8 Å². The van der Waals surface area contributed by atoms with E-state index in [-0.39, 0.29) is 23.8 Å². The highest BCUT2D eigenvalue weighted by atomic mass is 16.2. The second kappa shape index (κ2) is 6.90. The van der Waals surface area contributed by atoms with Gasteiger partial charge in [-0.2, -0.15) is 0 Å². The van der Waals surface area contributed by atoms with Gasteiger partial charge in [0.15, 0.2) is 0 Å². The minimum atomic E-state index is -0.0124. The van der Waals surface area contributed by atoms with E-state index in [1.54, 1.807) is 24.5 Å². The minimum absolute atomic E-state index is 0.00360. The Morgan fingerprint density at radius 2 is 1.85 bits per heavy atom. The summed E-state index contributed by atoms with van der Waals surface area (Å²) < 4.78 is 0. The molecule has 0 radical (unpaired) electrons. The number of carbonyl (C=O) groups is 2. The van der Waals surface area contributed by atoms with Gasteiger partial charge >= 0.3 is 0 Å². The number of pyridine rings is 1. The predicted octanol–water partition coefficient (Wildman–Crippen LogP) is 2.91. The van der Waals surface area contributed by atoms with Crippen molar-refractivity contribution in [3.05, 3.63) is 59.9 Å². The summed E-state index contributed by atoms with van der Waals surface area (Å²) in [6, 6.07) is 11.9. The summed E-state index contributed by atoms with van der Waals surface area (Å²) in [5.41, 5.74) is 2.91. The Kier molecular flexibility index (Phi) is 4.45. The molecule has 2 amide bonds. The monoisotopic (exact) mass is 349 g/mol. The van der Waals surface area contributed by atoms with Crippen LogP contribution in [0.1, 0.15) is 35.7 Å². The zero-order valence-corrected chi connectivity index (χ0v) is 15.0. The number of para-hydroxylation sites is 1. The van der Waals surface area contributed by atoms with Gasteiger partial charge in [-0.05, 0) is 49.9 Å². The Morgan fingerprint density at radius 3 is 2.58 bits per heavy atom. The Morgan fingerprint density at radius 1 is 1.08 bits per heavy atom. The van der Waals surface area contributed by atoms with Crippen molar-refractivity contribution in [2.75, 3.05) is 18.0 Å². The van der Waals surface area contributed by atoms with E-state index in [0.717, 1.165) is 24.9 Å². The lowest BCUT2D eigenvalue weighted by Crippen LogP contribution is -2.46. The van der Waals surface area contributed by atoms with Gasteiger partial charge in [-0.3, -0.25) is 14.6 Å². The van der Waals surface area contributed by atoms with Gasteiger partial charge in [0.25, 0.3) is 5.91 Å². The molecule has 5 nitrogen and oxygen atoms in total. The summed E-state index contributed by atoms with van der Waals surface area (Å²) in [5.74, 6) is 0.196. The molecule has 4 rings (SSSR count). The van der Waals surface area contributed by atoms with E-state index in [4.69, 9.17) is 0 Å². The zero-order chi connectivity index (χ0) is 18.1. The van der Waals surface area contributed by atoms with Crippen LogP contribution in [0.2, 0.25) is 0 Å². The van der Waals surface area contributed by atoms with E-state index in [9.17, 15) is 9.59 Å². The van der Waals surface area contributed by atoms with Crippen molar-refractivity contribution < 1.29 is 9.59 Å². The summed E-state index contributed by atoms with van der Waals surface area (Å²) in [6.45, 7) is 3.35. The van der Waals surface area contributed by atoms with Gasteiger partial charge in [-0.25, -0.2) is 0 Å². The lowest BCUT2D eigenvalue weighted by molar-refractivity contribution is -0.124. The summed E-state index contributed by atoms with van der Waals surface area (Å²) in [5, 5.41) is 0. The number of carbonyl (C=O) groups excluding carboxylic acids is 2. The molecular formula is C21H23N3O2. The van der Waals surface area contributed by atoms with Gasteiger partial charge in [0.05, 0.1) is 5.56 Å². The molecule has 0 saturated carbocycles. The second-order valence-electron chi connectivity index (χ2n) is 7.20. The highest BCUT2D eigenvalue weighted by molar-refractivity contribution is 5.98. The number of likely N-dealkylation sites (tertiary alicyclic amines) is 1. The number of benzene rings is 1. The normalized spacial score (nSPS) is 20.1. The molecule has 1 aromatic heterocycles. The predicted molar refractivity (Wildman–Crippen MR) is 100.0 cm³/mol. The summed E-state index contributed by atoms with van der Waals surface area (Å²) in [7, 11) is 0. The van der Waals surface area contributed by atoms with Crippen LogP contribution < -0.4 is 4.90 Å². The van der Waals surface area contributed by atoms with Crippen LogP contribution in [-0.4, -0.2) is 40.8 Å². The average molecular weight is 349 g/mol. The Hall–Kier alpha value is -2.69. The second-order valence-corrected chi connectivity index (χ2v) is 7.20. The first-order chi connectivity index (χ1) is 12.6. The van der Waals surface area contributed by atoms with Crippen LogP contribution in [0, 0.1) is 5.92 Å². The topological polar surface area (TPSA) is 53.5 Å². The zero-order valence-electron chi connectivity index (χ0n) is 15.0. The van der Waals surface area contributed by atoms with E-state index < -0.39 is 0 Å². The number of anilines is 1. The molecule has 1 saturated heterocycles. The highest BCUT2D eigenvalue weighted by Gasteiger charge is 2.36. The molecule has 0 bridgehead atoms. The number of hydrogen-bond donors (Lipinski definition) is 0. The number of nitrogens with zero attached hydrogens (tertiary/aromatic N) is 3. The fourth-order valence-electron chi connectivity index (χ4n) is 4.10. The highest BCUT2D eigenvalue weighted by Crippen LogP contribution is 2.34. The van der Waals surface area contributed by atoms with Crippen molar-refractivity contribution in [1.82, 2.24) is 9.88 Å². The van der Waals surface area contributed by atoms with E-state index in [2.05, 4.69) is 18.0 Å². The molecule has 26 heavy (non-hydrogen) atoms. The molecule has 1 atom stereocenters. The van der Waals surface area contributed by atoms with Crippen LogP contribution in [0.25, 0.3) is 0 Å². The van der Waals surface area contributed by atoms with Gasteiger partial charge in [0.1, 0.15) is 0 Å². The molecule has 1 fully saturated rings. The number of aromatic nitrogens is 1.